The van der Waals surface area contributed by atoms with Crippen molar-refractivity contribution < 1.29 is 27.1 Å². The third kappa shape index (κ3) is 4.58. The topological polar surface area (TPSA) is 95.0 Å². The average molecular weight is 420 g/mol. The number of rotatable bonds is 5. The van der Waals surface area contributed by atoms with Crippen LogP contribution in [0.4, 0.5) is 23.2 Å². The third-order valence-corrected chi connectivity index (χ3v) is 4.24. The molecule has 6 nitrogen and oxygen atoms in total. The minimum Gasteiger partial charge on any atom is -0.418 e. The number of nitrogens with one attached hydrogen (secondary N) is 1. The van der Waals surface area contributed by atoms with Crippen LogP contribution in [0.25, 0.3) is 11.5 Å². The number of hydrogen-bond donors (Lipinski definition) is 2. The summed E-state index contributed by atoms with van der Waals surface area (Å²) in [6, 6.07) is 8.78. The van der Waals surface area contributed by atoms with E-state index in [1.54, 1.807) is 0 Å². The fourth-order valence-corrected chi connectivity index (χ4v) is 2.73. The van der Waals surface area contributed by atoms with Crippen LogP contribution in [0.15, 0.2) is 46.9 Å². The molecule has 3 rings (SSSR count). The van der Waals surface area contributed by atoms with Gasteiger partial charge in [0.2, 0.25) is 11.8 Å². The summed E-state index contributed by atoms with van der Waals surface area (Å²) in [7, 11) is 0. The maximum absolute atomic E-state index is 13.2. The van der Waals surface area contributed by atoms with Crippen molar-refractivity contribution in [2.24, 2.45) is 0 Å². The lowest BCUT2D eigenvalue weighted by Gasteiger charge is -2.28. The molecule has 0 bridgehead atoms. The number of nitrogens with zero attached hydrogens (tertiary/aromatic N) is 3. The molecule has 0 aliphatic heterocycles. The van der Waals surface area contributed by atoms with Gasteiger partial charge in [-0.2, -0.15) is 18.4 Å². The zero-order valence-corrected chi connectivity index (χ0v) is 15.8. The smallest absolute Gasteiger partial charge is 0.417 e. The molecule has 0 amide bonds. The van der Waals surface area contributed by atoms with Gasteiger partial charge in [0.05, 0.1) is 22.8 Å². The molecule has 10 heteroatoms. The number of aromatic nitrogens is 2. The van der Waals surface area contributed by atoms with Crippen molar-refractivity contribution in [3.8, 4) is 17.5 Å². The summed E-state index contributed by atoms with van der Waals surface area (Å²) in [4.78, 5) is 0. The van der Waals surface area contributed by atoms with Gasteiger partial charge in [-0.25, -0.2) is 4.39 Å². The number of halogens is 4. The van der Waals surface area contributed by atoms with E-state index in [2.05, 4.69) is 15.5 Å². The number of anilines is 1. The molecule has 2 aromatic carbocycles. The summed E-state index contributed by atoms with van der Waals surface area (Å²) < 4.78 is 58.4. The molecule has 2 N–H and O–H groups in total. The van der Waals surface area contributed by atoms with Crippen molar-refractivity contribution in [3.05, 3.63) is 65.3 Å². The van der Waals surface area contributed by atoms with Crippen molar-refractivity contribution in [1.82, 2.24) is 10.2 Å². The van der Waals surface area contributed by atoms with Crippen molar-refractivity contribution in [2.45, 2.75) is 31.7 Å². The van der Waals surface area contributed by atoms with Gasteiger partial charge in [-0.3, -0.25) is 0 Å². The quantitative estimate of drug-likeness (QED) is 0.582. The lowest BCUT2D eigenvalue weighted by molar-refractivity contribution is -0.137. The van der Waals surface area contributed by atoms with Crippen LogP contribution in [0.5, 0.6) is 0 Å². The van der Waals surface area contributed by atoms with Gasteiger partial charge in [0, 0.05) is 11.3 Å². The first-order chi connectivity index (χ1) is 14.0. The monoisotopic (exact) mass is 420 g/mol. The van der Waals surface area contributed by atoms with Crippen molar-refractivity contribution in [2.75, 3.05) is 5.32 Å². The maximum atomic E-state index is 13.2. The Balaban J connectivity index is 1.96. The van der Waals surface area contributed by atoms with E-state index in [1.165, 1.54) is 50.2 Å². The SMILES string of the molecule is CC(C)(O)C(Nc1ccc(C#N)c(C(F)(F)F)c1)c1nnc(-c2ccc(F)cc2)o1. The summed E-state index contributed by atoms with van der Waals surface area (Å²) in [6.07, 6.45) is -4.73. The highest BCUT2D eigenvalue weighted by Crippen LogP contribution is 2.36. The summed E-state index contributed by atoms with van der Waals surface area (Å²) in [6.45, 7) is 2.83. The predicted molar refractivity (Wildman–Crippen MR) is 98.5 cm³/mol. The molecule has 0 aliphatic rings. The largest absolute Gasteiger partial charge is 0.418 e. The number of aliphatic hydroxyl groups is 1. The summed E-state index contributed by atoms with van der Waals surface area (Å²) in [5, 5.41) is 29.9. The lowest BCUT2D eigenvalue weighted by atomic mass is 9.98. The maximum Gasteiger partial charge on any atom is 0.417 e. The molecule has 1 aromatic heterocycles. The van der Waals surface area contributed by atoms with E-state index in [4.69, 9.17) is 9.68 Å². The zero-order valence-electron chi connectivity index (χ0n) is 15.8. The molecular weight excluding hydrogens is 404 g/mol. The van der Waals surface area contributed by atoms with Crippen LogP contribution < -0.4 is 5.32 Å². The molecule has 1 atom stereocenters. The van der Waals surface area contributed by atoms with E-state index in [0.717, 1.165) is 12.1 Å². The lowest BCUT2D eigenvalue weighted by Crippen LogP contribution is -2.34. The highest BCUT2D eigenvalue weighted by Gasteiger charge is 2.36. The molecular formula is C20H16F4N4O2. The minimum absolute atomic E-state index is 0.00465. The van der Waals surface area contributed by atoms with Crippen LogP contribution >= 0.6 is 0 Å². The van der Waals surface area contributed by atoms with E-state index in [1.807, 2.05) is 0 Å². The van der Waals surface area contributed by atoms with Crippen LogP contribution in [-0.4, -0.2) is 20.9 Å². The van der Waals surface area contributed by atoms with Gasteiger partial charge in [0.15, 0.2) is 0 Å². The zero-order chi connectivity index (χ0) is 22.1. The Morgan fingerprint density at radius 2 is 1.77 bits per heavy atom. The van der Waals surface area contributed by atoms with E-state index in [0.29, 0.717) is 5.56 Å². The van der Waals surface area contributed by atoms with Crippen molar-refractivity contribution in [1.29, 1.82) is 5.26 Å². The molecule has 30 heavy (non-hydrogen) atoms. The minimum atomic E-state index is -4.73. The Bertz CT molecular complexity index is 1080. The Hall–Kier alpha value is -3.45. The predicted octanol–water partition coefficient (Wildman–Crippen LogP) is 4.69. The second-order valence-corrected chi connectivity index (χ2v) is 7.05. The number of alkyl halides is 3. The van der Waals surface area contributed by atoms with Crippen LogP contribution in [0.3, 0.4) is 0 Å². The molecule has 1 unspecified atom stereocenters. The highest BCUT2D eigenvalue weighted by atomic mass is 19.4. The molecule has 0 saturated carbocycles. The normalized spacial score (nSPS) is 13.0. The Kier molecular flexibility index (Phi) is 5.50. The van der Waals surface area contributed by atoms with E-state index in [-0.39, 0.29) is 17.5 Å². The Morgan fingerprint density at radius 1 is 1.10 bits per heavy atom. The molecule has 0 fully saturated rings. The Labute approximate surface area is 168 Å². The van der Waals surface area contributed by atoms with Crippen molar-refractivity contribution in [3.63, 3.8) is 0 Å². The van der Waals surface area contributed by atoms with E-state index < -0.39 is 34.8 Å². The molecule has 3 aromatic rings. The summed E-state index contributed by atoms with van der Waals surface area (Å²) in [5.41, 5.74) is -2.72. The molecule has 0 aliphatic carbocycles. The van der Waals surface area contributed by atoms with Gasteiger partial charge >= 0.3 is 6.18 Å². The molecule has 0 spiro atoms. The Morgan fingerprint density at radius 3 is 2.33 bits per heavy atom. The second-order valence-electron chi connectivity index (χ2n) is 7.05. The fraction of sp³-hybridized carbons (Fsp3) is 0.250. The molecule has 1 heterocycles. The van der Waals surface area contributed by atoms with Gasteiger partial charge in [-0.1, -0.05) is 0 Å². The molecule has 0 saturated heterocycles. The first kappa shape index (κ1) is 21.3. The fourth-order valence-electron chi connectivity index (χ4n) is 2.73. The van der Waals surface area contributed by atoms with Crippen LogP contribution in [0.1, 0.15) is 36.9 Å². The number of hydrogen-bond acceptors (Lipinski definition) is 6. The first-order valence-corrected chi connectivity index (χ1v) is 8.68. The number of nitriles is 1. The average Bonchev–Trinajstić information content (AvgIpc) is 3.14. The van der Waals surface area contributed by atoms with Gasteiger partial charge in [-0.05, 0) is 56.3 Å². The summed E-state index contributed by atoms with van der Waals surface area (Å²) in [5.74, 6) is -0.479. The third-order valence-electron chi connectivity index (χ3n) is 4.24. The molecule has 0 radical (unpaired) electrons. The summed E-state index contributed by atoms with van der Waals surface area (Å²) >= 11 is 0. The van der Waals surface area contributed by atoms with Gasteiger partial charge < -0.3 is 14.8 Å². The van der Waals surface area contributed by atoms with Crippen LogP contribution in [0.2, 0.25) is 0 Å². The van der Waals surface area contributed by atoms with Gasteiger partial charge in [0.1, 0.15) is 11.9 Å². The van der Waals surface area contributed by atoms with E-state index >= 15 is 0 Å². The van der Waals surface area contributed by atoms with E-state index in [9.17, 15) is 22.7 Å². The van der Waals surface area contributed by atoms with Crippen molar-refractivity contribution >= 4 is 5.69 Å². The second kappa shape index (κ2) is 7.76. The van der Waals surface area contributed by atoms with Gasteiger partial charge in [0.25, 0.3) is 0 Å². The molecule has 156 valence electrons. The van der Waals surface area contributed by atoms with Crippen LogP contribution in [0, 0.1) is 17.1 Å². The van der Waals surface area contributed by atoms with Gasteiger partial charge in [-0.15, -0.1) is 10.2 Å². The number of benzene rings is 2. The highest BCUT2D eigenvalue weighted by molar-refractivity contribution is 5.55. The first-order valence-electron chi connectivity index (χ1n) is 8.68. The standard InChI is InChI=1S/C20H16F4N4O2/c1-19(2,29)16(18-28-27-17(30-18)11-3-6-13(21)7-4-11)26-14-8-5-12(10-25)15(9-14)20(22,23)24/h3-9,16,26,29H,1-2H3. The van der Waals surface area contributed by atoms with Crippen LogP contribution in [-0.2, 0) is 6.18 Å².